The summed E-state index contributed by atoms with van der Waals surface area (Å²) in [6.45, 7) is 1.77. The first-order chi connectivity index (χ1) is 14.5. The Morgan fingerprint density at radius 1 is 1.03 bits per heavy atom. The molecule has 0 saturated heterocycles. The Morgan fingerprint density at radius 3 is 2.27 bits per heavy atom. The largest absolute Gasteiger partial charge is 0.493 e. The minimum atomic E-state index is -0.248. The summed E-state index contributed by atoms with van der Waals surface area (Å²) in [6.07, 6.45) is 3.33. The monoisotopic (exact) mass is 410 g/mol. The Bertz CT molecular complexity index is 1040. The molecule has 0 aromatic heterocycles. The summed E-state index contributed by atoms with van der Waals surface area (Å²) in [7, 11) is 4.57. The summed E-state index contributed by atoms with van der Waals surface area (Å²) in [6, 6.07) is 6.71. The summed E-state index contributed by atoms with van der Waals surface area (Å²) >= 11 is 0. The lowest BCUT2D eigenvalue weighted by Crippen LogP contribution is -2.10. The average Bonchev–Trinajstić information content (AvgIpc) is 3.55. The number of fused-ring (bicyclic) bond motifs is 1. The maximum absolute atomic E-state index is 12.8. The first-order valence-electron chi connectivity index (χ1n) is 9.56. The van der Waals surface area contributed by atoms with Gasteiger partial charge in [0.1, 0.15) is 11.5 Å². The molecule has 0 unspecified atom stereocenters. The lowest BCUT2D eigenvalue weighted by molar-refractivity contribution is -0.135. The van der Waals surface area contributed by atoms with Gasteiger partial charge in [0.25, 0.3) is 0 Å². The number of Topliss-reactive ketones (excluding diaryl/α,β-unsaturated/α-hetero) is 1. The van der Waals surface area contributed by atoms with E-state index in [9.17, 15) is 9.59 Å². The average molecular weight is 410 g/mol. The molecule has 0 amide bonds. The van der Waals surface area contributed by atoms with Crippen LogP contribution in [0.5, 0.6) is 28.7 Å². The van der Waals surface area contributed by atoms with Gasteiger partial charge in [-0.1, -0.05) is 0 Å². The molecule has 2 aliphatic rings. The number of allylic oxidation sites excluding steroid dienone is 1. The molecule has 0 bridgehead atoms. The first-order valence-corrected chi connectivity index (χ1v) is 9.56. The van der Waals surface area contributed by atoms with E-state index in [1.165, 1.54) is 21.3 Å². The normalized spacial score (nSPS) is 16.1. The number of rotatable bonds is 6. The van der Waals surface area contributed by atoms with Crippen molar-refractivity contribution < 1.29 is 33.3 Å². The number of ketones is 1. The predicted molar refractivity (Wildman–Crippen MR) is 109 cm³/mol. The molecule has 1 fully saturated rings. The van der Waals surface area contributed by atoms with Crippen LogP contribution in [0, 0.1) is 12.8 Å². The number of hydrogen-bond acceptors (Lipinski definition) is 7. The number of benzene rings is 2. The molecule has 0 radical (unpaired) electrons. The Kier molecular flexibility index (Phi) is 5.11. The lowest BCUT2D eigenvalue weighted by Gasteiger charge is -2.13. The van der Waals surface area contributed by atoms with Gasteiger partial charge in [-0.25, -0.2) is 0 Å². The molecule has 30 heavy (non-hydrogen) atoms. The van der Waals surface area contributed by atoms with E-state index < -0.39 is 0 Å². The summed E-state index contributed by atoms with van der Waals surface area (Å²) in [5, 5.41) is 0. The predicted octanol–water partition coefficient (Wildman–Crippen LogP) is 3.95. The van der Waals surface area contributed by atoms with Gasteiger partial charge in [0, 0.05) is 5.56 Å². The van der Waals surface area contributed by atoms with Crippen molar-refractivity contribution in [1.29, 1.82) is 0 Å². The van der Waals surface area contributed by atoms with Crippen molar-refractivity contribution in [3.05, 3.63) is 46.7 Å². The molecule has 156 valence electrons. The van der Waals surface area contributed by atoms with Gasteiger partial charge in [0.15, 0.2) is 17.3 Å². The molecule has 1 aliphatic heterocycles. The van der Waals surface area contributed by atoms with Crippen molar-refractivity contribution >= 4 is 17.8 Å². The molecule has 7 nitrogen and oxygen atoms in total. The van der Waals surface area contributed by atoms with Crippen molar-refractivity contribution in [2.24, 2.45) is 5.92 Å². The van der Waals surface area contributed by atoms with Crippen LogP contribution in [-0.2, 0) is 4.79 Å². The van der Waals surface area contributed by atoms with E-state index in [2.05, 4.69) is 0 Å². The summed E-state index contributed by atoms with van der Waals surface area (Å²) in [4.78, 5) is 24.8. The molecule has 1 heterocycles. The smallest absolute Gasteiger partial charge is 0.314 e. The third kappa shape index (κ3) is 3.47. The van der Waals surface area contributed by atoms with Gasteiger partial charge < -0.3 is 23.7 Å². The molecule has 7 heteroatoms. The van der Waals surface area contributed by atoms with Crippen LogP contribution in [0.3, 0.4) is 0 Å². The molecule has 0 atom stereocenters. The van der Waals surface area contributed by atoms with Gasteiger partial charge in [-0.2, -0.15) is 0 Å². The quantitative estimate of drug-likeness (QED) is 0.405. The number of carbonyl (C=O) groups is 2. The van der Waals surface area contributed by atoms with E-state index in [4.69, 9.17) is 23.7 Å². The van der Waals surface area contributed by atoms with E-state index in [1.807, 2.05) is 0 Å². The van der Waals surface area contributed by atoms with E-state index in [1.54, 1.807) is 37.3 Å². The highest BCUT2D eigenvalue weighted by molar-refractivity contribution is 6.15. The Morgan fingerprint density at radius 2 is 1.70 bits per heavy atom. The second kappa shape index (κ2) is 7.74. The van der Waals surface area contributed by atoms with Crippen LogP contribution in [0.15, 0.2) is 30.0 Å². The fourth-order valence-corrected chi connectivity index (χ4v) is 3.33. The molecule has 1 aliphatic carbocycles. The van der Waals surface area contributed by atoms with E-state index in [-0.39, 0.29) is 23.4 Å². The summed E-state index contributed by atoms with van der Waals surface area (Å²) in [5.74, 6) is 1.87. The zero-order chi connectivity index (χ0) is 21.4. The third-order valence-corrected chi connectivity index (χ3v) is 5.14. The molecule has 0 N–H and O–H groups in total. The summed E-state index contributed by atoms with van der Waals surface area (Å²) in [5.41, 5.74) is 1.69. The second-order valence-corrected chi connectivity index (χ2v) is 7.16. The highest BCUT2D eigenvalue weighted by Crippen LogP contribution is 2.42. The van der Waals surface area contributed by atoms with Crippen LogP contribution < -0.4 is 23.7 Å². The van der Waals surface area contributed by atoms with Crippen molar-refractivity contribution in [1.82, 2.24) is 0 Å². The fraction of sp³-hybridized carbons (Fsp3) is 0.304. The third-order valence-electron chi connectivity index (χ3n) is 5.14. The van der Waals surface area contributed by atoms with Crippen LogP contribution in [-0.4, -0.2) is 33.1 Å². The second-order valence-electron chi connectivity index (χ2n) is 7.16. The highest BCUT2D eigenvalue weighted by Gasteiger charge is 2.34. The molecule has 2 aromatic rings. The van der Waals surface area contributed by atoms with Gasteiger partial charge >= 0.3 is 5.97 Å². The first kappa shape index (κ1) is 19.8. The molecule has 2 aromatic carbocycles. The van der Waals surface area contributed by atoms with Crippen LogP contribution in [0.1, 0.15) is 34.3 Å². The maximum atomic E-state index is 12.8. The maximum Gasteiger partial charge on any atom is 0.314 e. The molecule has 4 rings (SSSR count). The van der Waals surface area contributed by atoms with Gasteiger partial charge in [-0.3, -0.25) is 9.59 Å². The van der Waals surface area contributed by atoms with Gasteiger partial charge in [0.05, 0.1) is 32.8 Å². The van der Waals surface area contributed by atoms with E-state index in [0.29, 0.717) is 45.4 Å². The standard InChI is InChI=1S/C23H22O7/c1-12-16(30-23(25)14-5-6-14)8-7-15-20(24)17(29-21(12)15)9-13-10-18(26-2)22(28-4)19(11-13)27-3/h7-11,14H,5-6H2,1-4H3/b17-9-. The lowest BCUT2D eigenvalue weighted by atomic mass is 10.1. The van der Waals surface area contributed by atoms with Crippen molar-refractivity contribution in [2.45, 2.75) is 19.8 Å². The van der Waals surface area contributed by atoms with Crippen LogP contribution >= 0.6 is 0 Å². The minimum absolute atomic E-state index is 0.0179. The van der Waals surface area contributed by atoms with Crippen molar-refractivity contribution in [2.75, 3.05) is 21.3 Å². The Hall–Kier alpha value is -3.48. The van der Waals surface area contributed by atoms with Gasteiger partial charge in [0.2, 0.25) is 11.5 Å². The van der Waals surface area contributed by atoms with Crippen molar-refractivity contribution in [3.63, 3.8) is 0 Å². The zero-order valence-electron chi connectivity index (χ0n) is 17.2. The molecule has 1 saturated carbocycles. The number of carbonyl (C=O) groups excluding carboxylic acids is 2. The number of methoxy groups -OCH3 is 3. The highest BCUT2D eigenvalue weighted by atomic mass is 16.5. The molecule has 0 spiro atoms. The Balaban J connectivity index is 1.66. The van der Waals surface area contributed by atoms with Crippen LogP contribution in [0.25, 0.3) is 6.08 Å². The van der Waals surface area contributed by atoms with Crippen LogP contribution in [0.2, 0.25) is 0 Å². The SMILES string of the molecule is COc1cc(/C=C2\Oc3c(ccc(OC(=O)C4CC4)c3C)C2=O)cc(OC)c1OC. The van der Waals surface area contributed by atoms with Gasteiger partial charge in [-0.05, 0) is 55.7 Å². The summed E-state index contributed by atoms with van der Waals surface area (Å²) < 4.78 is 27.4. The van der Waals surface area contributed by atoms with E-state index in [0.717, 1.165) is 12.8 Å². The topological polar surface area (TPSA) is 80.3 Å². The van der Waals surface area contributed by atoms with E-state index >= 15 is 0 Å². The fourth-order valence-electron chi connectivity index (χ4n) is 3.33. The number of hydrogen-bond donors (Lipinski definition) is 0. The number of ether oxygens (including phenoxy) is 5. The molecular formula is C23H22O7. The van der Waals surface area contributed by atoms with Gasteiger partial charge in [-0.15, -0.1) is 0 Å². The molecular weight excluding hydrogens is 388 g/mol. The van der Waals surface area contributed by atoms with Crippen LogP contribution in [0.4, 0.5) is 0 Å². The Labute approximate surface area is 174 Å². The zero-order valence-corrected chi connectivity index (χ0v) is 17.2. The number of esters is 1. The van der Waals surface area contributed by atoms with Crippen molar-refractivity contribution in [3.8, 4) is 28.7 Å². The minimum Gasteiger partial charge on any atom is -0.493 e.